The van der Waals surface area contributed by atoms with Crippen LogP contribution in [0.1, 0.15) is 15.9 Å². The summed E-state index contributed by atoms with van der Waals surface area (Å²) in [5.74, 6) is -0.0237. The highest BCUT2D eigenvalue weighted by Crippen LogP contribution is 2.10. The minimum atomic E-state index is -0.0237. The van der Waals surface area contributed by atoms with Crippen LogP contribution in [0.25, 0.3) is 0 Å². The van der Waals surface area contributed by atoms with Crippen molar-refractivity contribution in [2.24, 2.45) is 0 Å². The van der Waals surface area contributed by atoms with Crippen LogP contribution < -0.4 is 4.57 Å². The molecule has 0 radical (unpaired) electrons. The van der Waals surface area contributed by atoms with Crippen LogP contribution in [0.2, 0.25) is 0 Å². The van der Waals surface area contributed by atoms with Crippen LogP contribution in [0, 0.1) is 11.3 Å². The number of halogens is 1. The van der Waals surface area contributed by atoms with Crippen molar-refractivity contribution in [2.75, 3.05) is 0 Å². The molecule has 1 aromatic carbocycles. The Bertz CT molecular complexity index is 617. The van der Waals surface area contributed by atoms with Gasteiger partial charge in [-0.1, -0.05) is 33.0 Å². The number of nitrogens with zero attached hydrogens (tertiary/aromatic N) is 3. The fraction of sp³-hybridized carbons (Fsp3) is 0.0769. The molecule has 0 aliphatic heterocycles. The number of aromatic nitrogens is 2. The first-order valence-corrected chi connectivity index (χ1v) is 6.01. The van der Waals surface area contributed by atoms with Crippen LogP contribution in [-0.4, -0.2) is 10.8 Å². The number of Topliss-reactive ketones (excluding diaryl/α,β-unsaturated/α-hetero) is 1. The van der Waals surface area contributed by atoms with Gasteiger partial charge in [0.2, 0.25) is 5.78 Å². The Morgan fingerprint density at radius 3 is 2.78 bits per heavy atom. The van der Waals surface area contributed by atoms with Gasteiger partial charge in [-0.25, -0.2) is 4.57 Å². The van der Waals surface area contributed by atoms with Crippen molar-refractivity contribution in [1.29, 1.82) is 5.26 Å². The molecule has 0 unspecified atom stereocenters. The lowest BCUT2D eigenvalue weighted by atomic mass is 10.1. The van der Waals surface area contributed by atoms with E-state index >= 15 is 0 Å². The van der Waals surface area contributed by atoms with Crippen LogP contribution in [0.3, 0.4) is 0 Å². The maximum Gasteiger partial charge on any atom is 0.286 e. The Hall–Kier alpha value is -2.06. The zero-order valence-corrected chi connectivity index (χ0v) is 11.0. The summed E-state index contributed by atoms with van der Waals surface area (Å²) in [6, 6.07) is 9.15. The molecule has 0 bridgehead atoms. The number of carbonyl (C=O) groups excluding carboxylic acids is 1. The number of rotatable bonds is 3. The fourth-order valence-corrected chi connectivity index (χ4v) is 1.75. The summed E-state index contributed by atoms with van der Waals surface area (Å²) in [6.45, 7) is 0.171. The molecule has 0 saturated heterocycles. The molecule has 4 nitrogen and oxygen atoms in total. The average molecular weight is 303 g/mol. The number of ketones is 1. The molecule has 1 aromatic heterocycles. The van der Waals surface area contributed by atoms with Gasteiger partial charge in [0, 0.05) is 10.0 Å². The van der Waals surface area contributed by atoms with E-state index in [9.17, 15) is 4.79 Å². The van der Waals surface area contributed by atoms with Crippen LogP contribution in [0.4, 0.5) is 0 Å². The van der Waals surface area contributed by atoms with Gasteiger partial charge in [0.25, 0.3) is 6.33 Å². The molecule has 0 fully saturated rings. The molecule has 0 N–H and O–H groups in total. The van der Waals surface area contributed by atoms with Gasteiger partial charge >= 0.3 is 0 Å². The zero-order chi connectivity index (χ0) is 13.0. The maximum atomic E-state index is 12.0. The van der Waals surface area contributed by atoms with E-state index in [1.807, 2.05) is 18.2 Å². The number of hydrogen-bond acceptors (Lipinski definition) is 3. The molecule has 0 amide bonds. The first-order chi connectivity index (χ1) is 8.69. The smallest absolute Gasteiger partial charge is 0.286 e. The first-order valence-electron chi connectivity index (χ1n) is 5.22. The molecule has 0 saturated carbocycles. The second kappa shape index (κ2) is 5.52. The third kappa shape index (κ3) is 2.99. The van der Waals surface area contributed by atoms with Crippen LogP contribution in [0.15, 0.2) is 47.5 Å². The monoisotopic (exact) mass is 302 g/mol. The molecule has 0 atom stereocenters. The van der Waals surface area contributed by atoms with Crippen molar-refractivity contribution < 1.29 is 9.36 Å². The predicted molar refractivity (Wildman–Crippen MR) is 67.6 cm³/mol. The summed E-state index contributed by atoms with van der Waals surface area (Å²) in [7, 11) is 0. The topological polar surface area (TPSA) is 57.6 Å². The van der Waals surface area contributed by atoms with E-state index in [1.165, 1.54) is 12.5 Å². The minimum Gasteiger partial charge on any atom is -0.290 e. The highest BCUT2D eigenvalue weighted by atomic mass is 79.9. The number of carbonyl (C=O) groups is 1. The fourth-order valence-electron chi connectivity index (χ4n) is 1.48. The summed E-state index contributed by atoms with van der Waals surface area (Å²) in [6.07, 6.45) is 4.59. The Labute approximate surface area is 113 Å². The minimum absolute atomic E-state index is 0.0237. The molecular formula is C13H9BrN3O+. The first kappa shape index (κ1) is 12.4. The van der Waals surface area contributed by atoms with Gasteiger partial charge in [0.1, 0.15) is 17.8 Å². The molecule has 0 aliphatic rings. The van der Waals surface area contributed by atoms with Crippen molar-refractivity contribution in [2.45, 2.75) is 6.54 Å². The van der Waals surface area contributed by atoms with Crippen molar-refractivity contribution in [1.82, 2.24) is 4.98 Å². The number of benzene rings is 1. The van der Waals surface area contributed by atoms with Gasteiger partial charge in [0.15, 0.2) is 12.7 Å². The van der Waals surface area contributed by atoms with Gasteiger partial charge in [-0.3, -0.25) is 4.79 Å². The largest absolute Gasteiger partial charge is 0.290 e. The van der Waals surface area contributed by atoms with Crippen molar-refractivity contribution in [3.05, 3.63) is 58.6 Å². The Morgan fingerprint density at radius 1 is 1.39 bits per heavy atom. The van der Waals surface area contributed by atoms with E-state index in [1.54, 1.807) is 22.9 Å². The van der Waals surface area contributed by atoms with E-state index in [2.05, 4.69) is 20.9 Å². The summed E-state index contributed by atoms with van der Waals surface area (Å²) >= 11 is 3.32. The normalized spacial score (nSPS) is 9.78. The second-order valence-corrected chi connectivity index (χ2v) is 4.61. The standard InChI is InChI=1S/C13H9BrN3O/c14-12-3-1-11(2-4-12)13(18)8-17-7-10(5-15)6-16-9-17/h1-4,6-7,9H,8H2/q+1. The SMILES string of the molecule is N#Cc1cnc[n+](CC(=O)c2ccc(Br)cc2)c1. The van der Waals surface area contributed by atoms with Crippen molar-refractivity contribution in [3.8, 4) is 6.07 Å². The molecule has 2 aromatic rings. The molecule has 0 spiro atoms. The molecule has 5 heteroatoms. The molecule has 18 heavy (non-hydrogen) atoms. The molecular weight excluding hydrogens is 294 g/mol. The van der Waals surface area contributed by atoms with Crippen LogP contribution in [-0.2, 0) is 6.54 Å². The average Bonchev–Trinajstić information content (AvgIpc) is 2.39. The number of nitriles is 1. The van der Waals surface area contributed by atoms with E-state index in [4.69, 9.17) is 5.26 Å². The summed E-state index contributed by atoms with van der Waals surface area (Å²) in [5, 5.41) is 8.75. The van der Waals surface area contributed by atoms with E-state index < -0.39 is 0 Å². The highest BCUT2D eigenvalue weighted by Gasteiger charge is 2.10. The van der Waals surface area contributed by atoms with Crippen LogP contribution >= 0.6 is 15.9 Å². The molecule has 2 rings (SSSR count). The molecule has 88 valence electrons. The lowest BCUT2D eigenvalue weighted by molar-refractivity contribution is -0.686. The summed E-state index contributed by atoms with van der Waals surface area (Å²) in [4.78, 5) is 15.9. The van der Waals surface area contributed by atoms with Gasteiger partial charge in [-0.2, -0.15) is 5.26 Å². The predicted octanol–water partition coefficient (Wildman–Crippen LogP) is 1.89. The lowest BCUT2D eigenvalue weighted by Gasteiger charge is -2.00. The Balaban J connectivity index is 2.16. The van der Waals surface area contributed by atoms with E-state index in [0.29, 0.717) is 11.1 Å². The summed E-state index contributed by atoms with van der Waals surface area (Å²) < 4.78 is 2.53. The molecule has 0 aliphatic carbocycles. The highest BCUT2D eigenvalue weighted by molar-refractivity contribution is 9.10. The zero-order valence-electron chi connectivity index (χ0n) is 9.38. The third-order valence-corrected chi connectivity index (χ3v) is 2.88. The quantitative estimate of drug-likeness (QED) is 0.642. The van der Waals surface area contributed by atoms with Crippen molar-refractivity contribution in [3.63, 3.8) is 0 Å². The van der Waals surface area contributed by atoms with Gasteiger partial charge in [-0.15, -0.1) is 0 Å². The maximum absolute atomic E-state index is 12.0. The van der Waals surface area contributed by atoms with E-state index in [-0.39, 0.29) is 12.3 Å². The summed E-state index contributed by atoms with van der Waals surface area (Å²) in [5.41, 5.74) is 1.06. The van der Waals surface area contributed by atoms with E-state index in [0.717, 1.165) is 4.47 Å². The van der Waals surface area contributed by atoms with Gasteiger partial charge < -0.3 is 0 Å². The second-order valence-electron chi connectivity index (χ2n) is 3.69. The third-order valence-electron chi connectivity index (χ3n) is 2.35. The lowest BCUT2D eigenvalue weighted by Crippen LogP contribution is -2.38. The number of hydrogen-bond donors (Lipinski definition) is 0. The Kier molecular flexibility index (Phi) is 3.80. The van der Waals surface area contributed by atoms with Gasteiger partial charge in [-0.05, 0) is 12.1 Å². The van der Waals surface area contributed by atoms with Crippen molar-refractivity contribution >= 4 is 21.7 Å². The Morgan fingerprint density at radius 2 is 2.11 bits per heavy atom. The van der Waals surface area contributed by atoms with Crippen LogP contribution in [0.5, 0.6) is 0 Å². The molecule has 1 heterocycles. The van der Waals surface area contributed by atoms with Gasteiger partial charge in [0.05, 0.1) is 0 Å².